The van der Waals surface area contributed by atoms with Crippen molar-refractivity contribution in [3.8, 4) is 0 Å². The number of unbranched alkanes of at least 4 members (excludes halogenated alkanes) is 20. The minimum absolute atomic E-state index is 0.0934. The zero-order valence-electron chi connectivity index (χ0n) is 42.2. The average Bonchev–Trinajstić information content (AvgIpc) is 3.31. The molecule has 1 amide bonds. The largest absolute Gasteiger partial charge is 0.394 e. The molecule has 3 N–H and O–H groups in total. The summed E-state index contributed by atoms with van der Waals surface area (Å²) < 4.78 is 0. The fraction of sp³-hybridized carbons (Fsp3) is 0.623. The van der Waals surface area contributed by atoms with Crippen molar-refractivity contribution in [2.24, 2.45) is 0 Å². The third kappa shape index (κ3) is 51.4. The van der Waals surface area contributed by atoms with E-state index in [4.69, 9.17) is 0 Å². The Labute approximate surface area is 402 Å². The Hall–Kier alpha value is -3.47. The molecule has 368 valence electrons. The zero-order chi connectivity index (χ0) is 47.0. The van der Waals surface area contributed by atoms with E-state index in [1.165, 1.54) is 96.3 Å². The standard InChI is InChI=1S/C61H101NO3/c1-3-5-7-9-11-13-15-17-19-21-23-24-25-26-27-28-29-30-31-32-33-34-35-36-37-38-39-41-43-45-47-49-51-53-55-57-61(65)62-59(58-63)60(64)56-54-52-50-48-46-44-42-40-22-20-18-16-14-12-10-8-6-4-2/h5,7,11,13,17,19,23-24,26-27,29-30,32-33,35-36,38-39,43,45,54,56,59-60,63-64H,3-4,6,8-10,12,14-16,18,20-22,25,28,31,34,37,40-42,44,46-53,55,57-58H2,1-2H3,(H,62,65)/b7-5-,13-11-,19-17-,24-23-,27-26-,30-29-,33-32-,36-35-,39-38-,45-43-,56-54+. The van der Waals surface area contributed by atoms with E-state index in [-0.39, 0.29) is 12.5 Å². The third-order valence-electron chi connectivity index (χ3n) is 11.4. The van der Waals surface area contributed by atoms with Crippen molar-refractivity contribution < 1.29 is 15.0 Å². The Morgan fingerprint density at radius 3 is 1.02 bits per heavy atom. The van der Waals surface area contributed by atoms with Crippen LogP contribution in [-0.4, -0.2) is 34.9 Å². The predicted molar refractivity (Wildman–Crippen MR) is 289 cm³/mol. The van der Waals surface area contributed by atoms with E-state index in [1.807, 2.05) is 6.08 Å². The van der Waals surface area contributed by atoms with Crippen molar-refractivity contribution >= 4 is 5.91 Å². The number of aliphatic hydroxyl groups is 2. The number of rotatable bonds is 47. The molecule has 0 aromatic rings. The maximum atomic E-state index is 12.4. The molecule has 4 heteroatoms. The molecule has 0 aliphatic heterocycles. The Balaban J connectivity index is 3.70. The van der Waals surface area contributed by atoms with E-state index in [2.05, 4.69) is 141 Å². The molecule has 0 fully saturated rings. The number of aliphatic hydroxyl groups excluding tert-OH is 2. The summed E-state index contributed by atoms with van der Waals surface area (Å²) in [6, 6.07) is -0.646. The first kappa shape index (κ1) is 61.5. The third-order valence-corrected chi connectivity index (χ3v) is 11.4. The minimum atomic E-state index is -0.860. The number of hydrogen-bond acceptors (Lipinski definition) is 3. The normalized spacial score (nSPS) is 14.0. The maximum absolute atomic E-state index is 12.4. The minimum Gasteiger partial charge on any atom is -0.394 e. The van der Waals surface area contributed by atoms with Crippen molar-refractivity contribution in [3.05, 3.63) is 134 Å². The van der Waals surface area contributed by atoms with Gasteiger partial charge in [0.25, 0.3) is 0 Å². The maximum Gasteiger partial charge on any atom is 0.220 e. The highest BCUT2D eigenvalue weighted by molar-refractivity contribution is 5.76. The summed E-state index contributed by atoms with van der Waals surface area (Å²) in [5.41, 5.74) is 0. The molecule has 0 aliphatic rings. The molecule has 0 aliphatic carbocycles. The molecule has 0 heterocycles. The molecule has 0 aromatic heterocycles. The van der Waals surface area contributed by atoms with Crippen LogP contribution >= 0.6 is 0 Å². The lowest BCUT2D eigenvalue weighted by Gasteiger charge is -2.20. The summed E-state index contributed by atoms with van der Waals surface area (Å²) in [5.74, 6) is -0.0934. The molecular weight excluding hydrogens is 795 g/mol. The molecule has 2 unspecified atom stereocenters. The van der Waals surface area contributed by atoms with Crippen LogP contribution in [0.3, 0.4) is 0 Å². The van der Waals surface area contributed by atoms with E-state index >= 15 is 0 Å². The predicted octanol–water partition coefficient (Wildman–Crippen LogP) is 17.9. The molecule has 0 spiro atoms. The summed E-state index contributed by atoms with van der Waals surface area (Å²) in [4.78, 5) is 12.4. The Bertz CT molecular complexity index is 1340. The quantitative estimate of drug-likeness (QED) is 0.0421. The van der Waals surface area contributed by atoms with Crippen LogP contribution in [0.4, 0.5) is 0 Å². The Morgan fingerprint density at radius 2 is 0.677 bits per heavy atom. The molecule has 4 nitrogen and oxygen atoms in total. The monoisotopic (exact) mass is 896 g/mol. The molecule has 2 atom stereocenters. The summed E-state index contributed by atoms with van der Waals surface area (Å²) >= 11 is 0. The second-order valence-corrected chi connectivity index (χ2v) is 17.6. The van der Waals surface area contributed by atoms with Crippen LogP contribution < -0.4 is 5.32 Å². The Kier molecular flexibility index (Phi) is 51.9. The molecule has 0 rings (SSSR count). The van der Waals surface area contributed by atoms with Crippen molar-refractivity contribution in [1.29, 1.82) is 0 Å². The van der Waals surface area contributed by atoms with Gasteiger partial charge in [0.05, 0.1) is 18.8 Å². The number of allylic oxidation sites excluding steroid dienone is 21. The molecule has 0 aromatic carbocycles. The average molecular weight is 896 g/mol. The molecular formula is C61H101NO3. The van der Waals surface area contributed by atoms with Gasteiger partial charge in [-0.05, 0) is 96.3 Å². The van der Waals surface area contributed by atoms with E-state index in [9.17, 15) is 15.0 Å². The first-order chi connectivity index (χ1) is 32.2. The highest BCUT2D eigenvalue weighted by Gasteiger charge is 2.17. The van der Waals surface area contributed by atoms with Gasteiger partial charge in [0.15, 0.2) is 0 Å². The fourth-order valence-corrected chi connectivity index (χ4v) is 7.32. The van der Waals surface area contributed by atoms with E-state index < -0.39 is 12.1 Å². The van der Waals surface area contributed by atoms with Gasteiger partial charge < -0.3 is 15.5 Å². The van der Waals surface area contributed by atoms with Crippen LogP contribution in [0.1, 0.15) is 226 Å². The summed E-state index contributed by atoms with van der Waals surface area (Å²) in [6.45, 7) is 4.18. The number of hydrogen-bond donors (Lipinski definition) is 3. The fourth-order valence-electron chi connectivity index (χ4n) is 7.32. The highest BCUT2D eigenvalue weighted by Crippen LogP contribution is 2.15. The SMILES string of the molecule is CC/C=C\C/C=C\C/C=C\C/C=C\C/C=C\C/C=C\C/C=C\C/C=C\C/C=C\C/C=C\CCCCCCC(=O)NC(CO)C(O)/C=C/CCCCCCCCCCCCCCCCCC. The van der Waals surface area contributed by atoms with Crippen molar-refractivity contribution in [2.45, 2.75) is 238 Å². The summed E-state index contributed by atoms with van der Waals surface area (Å²) in [5, 5.41) is 23.1. The van der Waals surface area contributed by atoms with Gasteiger partial charge in [-0.3, -0.25) is 4.79 Å². The van der Waals surface area contributed by atoms with Gasteiger partial charge in [0.2, 0.25) is 5.91 Å². The number of nitrogens with one attached hydrogen (secondary N) is 1. The van der Waals surface area contributed by atoms with Crippen LogP contribution in [0.5, 0.6) is 0 Å². The van der Waals surface area contributed by atoms with Crippen LogP contribution in [0, 0.1) is 0 Å². The van der Waals surface area contributed by atoms with Crippen molar-refractivity contribution in [3.63, 3.8) is 0 Å². The van der Waals surface area contributed by atoms with Crippen LogP contribution in [0.2, 0.25) is 0 Å². The zero-order valence-corrected chi connectivity index (χ0v) is 42.2. The van der Waals surface area contributed by atoms with E-state index in [0.29, 0.717) is 6.42 Å². The molecule has 0 saturated heterocycles. The second-order valence-electron chi connectivity index (χ2n) is 17.6. The van der Waals surface area contributed by atoms with Crippen LogP contribution in [0.25, 0.3) is 0 Å². The van der Waals surface area contributed by atoms with Crippen molar-refractivity contribution in [2.75, 3.05) is 6.61 Å². The Morgan fingerprint density at radius 1 is 0.385 bits per heavy atom. The molecule has 0 radical (unpaired) electrons. The number of carbonyl (C=O) groups excluding carboxylic acids is 1. The highest BCUT2D eigenvalue weighted by atomic mass is 16.3. The topological polar surface area (TPSA) is 69.6 Å². The summed E-state index contributed by atoms with van der Waals surface area (Å²) in [7, 11) is 0. The van der Waals surface area contributed by atoms with E-state index in [0.717, 1.165) is 109 Å². The smallest absolute Gasteiger partial charge is 0.220 e. The molecule has 0 bridgehead atoms. The number of carbonyl (C=O) groups is 1. The van der Waals surface area contributed by atoms with Crippen LogP contribution in [-0.2, 0) is 4.79 Å². The number of amides is 1. The summed E-state index contributed by atoms with van der Waals surface area (Å²) in [6.07, 6.45) is 85.8. The lowest BCUT2D eigenvalue weighted by Crippen LogP contribution is -2.45. The van der Waals surface area contributed by atoms with Gasteiger partial charge in [-0.2, -0.15) is 0 Å². The van der Waals surface area contributed by atoms with Gasteiger partial charge in [-0.1, -0.05) is 257 Å². The molecule has 65 heavy (non-hydrogen) atoms. The van der Waals surface area contributed by atoms with Crippen molar-refractivity contribution in [1.82, 2.24) is 5.32 Å². The van der Waals surface area contributed by atoms with Gasteiger partial charge in [0, 0.05) is 6.42 Å². The lowest BCUT2D eigenvalue weighted by atomic mass is 10.0. The van der Waals surface area contributed by atoms with Gasteiger partial charge >= 0.3 is 0 Å². The van der Waals surface area contributed by atoms with Gasteiger partial charge in [0.1, 0.15) is 0 Å². The lowest BCUT2D eigenvalue weighted by molar-refractivity contribution is -0.123. The first-order valence-corrected chi connectivity index (χ1v) is 26.9. The van der Waals surface area contributed by atoms with Crippen LogP contribution in [0.15, 0.2) is 134 Å². The van der Waals surface area contributed by atoms with Gasteiger partial charge in [-0.25, -0.2) is 0 Å². The first-order valence-electron chi connectivity index (χ1n) is 26.9. The molecule has 0 saturated carbocycles. The second kappa shape index (κ2) is 54.9. The van der Waals surface area contributed by atoms with Gasteiger partial charge in [-0.15, -0.1) is 0 Å². The van der Waals surface area contributed by atoms with E-state index in [1.54, 1.807) is 6.08 Å².